The van der Waals surface area contributed by atoms with Gasteiger partial charge in [0.05, 0.1) is 17.9 Å². The van der Waals surface area contributed by atoms with Crippen molar-refractivity contribution in [3.8, 4) is 5.69 Å². The van der Waals surface area contributed by atoms with E-state index in [4.69, 9.17) is 4.74 Å². The van der Waals surface area contributed by atoms with Gasteiger partial charge in [0.15, 0.2) is 0 Å². The van der Waals surface area contributed by atoms with Gasteiger partial charge in [0, 0.05) is 32.4 Å². The Morgan fingerprint density at radius 3 is 2.77 bits per heavy atom. The van der Waals surface area contributed by atoms with Gasteiger partial charge in [-0.1, -0.05) is 18.2 Å². The smallest absolute Gasteiger partial charge is 0.276 e. The molecule has 1 aliphatic heterocycles. The molecule has 5 heteroatoms. The Kier molecular flexibility index (Phi) is 4.45. The third-order valence-corrected chi connectivity index (χ3v) is 4.43. The topological polar surface area (TPSA) is 48.2 Å². The van der Waals surface area contributed by atoms with Crippen LogP contribution in [-0.4, -0.2) is 29.1 Å². The van der Waals surface area contributed by atoms with Crippen LogP contribution in [0.25, 0.3) is 5.69 Å². The van der Waals surface area contributed by atoms with Crippen LogP contribution in [0.15, 0.2) is 35.1 Å². The monoisotopic (exact) mass is 301 g/mol. The van der Waals surface area contributed by atoms with Crippen molar-refractivity contribution in [2.45, 2.75) is 19.9 Å². The minimum atomic E-state index is 0.0568. The zero-order chi connectivity index (χ0) is 15.5. The highest BCUT2D eigenvalue weighted by Crippen LogP contribution is 2.12. The van der Waals surface area contributed by atoms with Gasteiger partial charge in [0.2, 0.25) is 0 Å². The summed E-state index contributed by atoms with van der Waals surface area (Å²) in [4.78, 5) is 12.7. The first kappa shape index (κ1) is 15.1. The summed E-state index contributed by atoms with van der Waals surface area (Å²) in [6.07, 6.45) is 1.11. The molecule has 0 radical (unpaired) electrons. The van der Waals surface area contributed by atoms with Gasteiger partial charge >= 0.3 is 0 Å². The lowest BCUT2D eigenvalue weighted by molar-refractivity contribution is 0.185. The van der Waals surface area contributed by atoms with Crippen LogP contribution in [-0.2, 0) is 18.3 Å². The fraction of sp³-hybridized carbons (Fsp3) is 0.471. The van der Waals surface area contributed by atoms with E-state index >= 15 is 0 Å². The van der Waals surface area contributed by atoms with Gasteiger partial charge in [-0.3, -0.25) is 9.48 Å². The Balaban J connectivity index is 1.79. The molecular formula is C17H23N3O2. The van der Waals surface area contributed by atoms with E-state index in [0.717, 1.165) is 43.1 Å². The maximum absolute atomic E-state index is 12.7. The highest BCUT2D eigenvalue weighted by molar-refractivity contribution is 5.33. The Morgan fingerprint density at radius 1 is 1.32 bits per heavy atom. The van der Waals surface area contributed by atoms with Gasteiger partial charge in [0.25, 0.3) is 5.56 Å². The molecule has 1 atom stereocenters. The van der Waals surface area contributed by atoms with Crippen molar-refractivity contribution in [1.82, 2.24) is 14.7 Å². The number of para-hydroxylation sites is 1. The number of aromatic nitrogens is 2. The van der Waals surface area contributed by atoms with Gasteiger partial charge in [-0.15, -0.1) is 0 Å². The third-order valence-electron chi connectivity index (χ3n) is 4.43. The van der Waals surface area contributed by atoms with Crippen molar-refractivity contribution in [3.63, 3.8) is 0 Å². The molecular weight excluding hydrogens is 278 g/mol. The second-order valence-electron chi connectivity index (χ2n) is 5.90. The molecule has 0 aliphatic carbocycles. The van der Waals surface area contributed by atoms with Crippen LogP contribution in [0.4, 0.5) is 0 Å². The maximum Gasteiger partial charge on any atom is 0.276 e. The minimum absolute atomic E-state index is 0.0568. The molecule has 0 unspecified atom stereocenters. The highest BCUT2D eigenvalue weighted by Gasteiger charge is 2.18. The molecule has 1 aromatic carbocycles. The van der Waals surface area contributed by atoms with Gasteiger partial charge in [0.1, 0.15) is 0 Å². The third kappa shape index (κ3) is 2.87. The van der Waals surface area contributed by atoms with Crippen LogP contribution in [0.5, 0.6) is 0 Å². The van der Waals surface area contributed by atoms with Gasteiger partial charge in [-0.05, 0) is 31.4 Å². The molecule has 1 aliphatic rings. The standard InChI is InChI=1S/C17H23N3O2/c1-13-16(11-18-10-14-8-9-22-12-14)17(21)20(19(13)2)15-6-4-3-5-7-15/h3-7,14,18H,8-12H2,1-2H3/t14-/m1/s1. The molecule has 0 saturated carbocycles. The van der Waals surface area contributed by atoms with E-state index in [1.165, 1.54) is 0 Å². The minimum Gasteiger partial charge on any atom is -0.381 e. The molecule has 0 amide bonds. The SMILES string of the molecule is Cc1c(CNC[C@H]2CCOC2)c(=O)n(-c2ccccc2)n1C. The summed E-state index contributed by atoms with van der Waals surface area (Å²) in [5, 5.41) is 3.41. The zero-order valence-electron chi connectivity index (χ0n) is 13.2. The van der Waals surface area contributed by atoms with Crippen LogP contribution in [0.1, 0.15) is 17.7 Å². The molecule has 1 N–H and O–H groups in total. The van der Waals surface area contributed by atoms with Crippen molar-refractivity contribution >= 4 is 0 Å². The van der Waals surface area contributed by atoms with E-state index < -0.39 is 0 Å². The van der Waals surface area contributed by atoms with Crippen LogP contribution in [0, 0.1) is 12.8 Å². The normalized spacial score (nSPS) is 18.0. The molecule has 0 spiro atoms. The molecule has 1 saturated heterocycles. The zero-order valence-corrected chi connectivity index (χ0v) is 13.2. The quantitative estimate of drug-likeness (QED) is 0.913. The molecule has 0 bridgehead atoms. The lowest BCUT2D eigenvalue weighted by Crippen LogP contribution is -2.27. The average Bonchev–Trinajstić information content (AvgIpc) is 3.11. The summed E-state index contributed by atoms with van der Waals surface area (Å²) in [5.74, 6) is 0.570. The summed E-state index contributed by atoms with van der Waals surface area (Å²) in [6, 6.07) is 9.75. The Labute approximate surface area is 130 Å². The number of hydrogen-bond acceptors (Lipinski definition) is 3. The molecule has 5 nitrogen and oxygen atoms in total. The first-order chi connectivity index (χ1) is 10.7. The molecule has 3 rings (SSSR count). The number of ether oxygens (including phenoxy) is 1. The molecule has 2 heterocycles. The van der Waals surface area contributed by atoms with E-state index in [-0.39, 0.29) is 5.56 Å². The Morgan fingerprint density at radius 2 is 2.09 bits per heavy atom. The number of hydrogen-bond donors (Lipinski definition) is 1. The van der Waals surface area contributed by atoms with Crippen molar-refractivity contribution in [2.24, 2.45) is 13.0 Å². The fourth-order valence-corrected chi connectivity index (χ4v) is 2.97. The molecule has 1 fully saturated rings. The summed E-state index contributed by atoms with van der Waals surface area (Å²) >= 11 is 0. The first-order valence-corrected chi connectivity index (χ1v) is 7.80. The molecule has 1 aromatic heterocycles. The summed E-state index contributed by atoms with van der Waals surface area (Å²) in [6.45, 7) is 5.19. The second kappa shape index (κ2) is 6.50. The average molecular weight is 301 g/mol. The second-order valence-corrected chi connectivity index (χ2v) is 5.90. The molecule has 2 aromatic rings. The van der Waals surface area contributed by atoms with Crippen LogP contribution >= 0.6 is 0 Å². The first-order valence-electron chi connectivity index (χ1n) is 7.80. The Bertz CT molecular complexity index is 682. The molecule has 118 valence electrons. The van der Waals surface area contributed by atoms with Gasteiger partial charge < -0.3 is 10.1 Å². The Hall–Kier alpha value is -1.85. The van der Waals surface area contributed by atoms with Crippen molar-refractivity contribution < 1.29 is 4.74 Å². The number of rotatable bonds is 5. The summed E-state index contributed by atoms with van der Waals surface area (Å²) in [5.41, 5.74) is 2.80. The van der Waals surface area contributed by atoms with Gasteiger partial charge in [-0.25, -0.2) is 4.68 Å². The lowest BCUT2D eigenvalue weighted by atomic mass is 10.1. The number of nitrogens with zero attached hydrogens (tertiary/aromatic N) is 2. The van der Waals surface area contributed by atoms with E-state index in [1.54, 1.807) is 4.68 Å². The van der Waals surface area contributed by atoms with E-state index in [2.05, 4.69) is 5.32 Å². The van der Waals surface area contributed by atoms with E-state index in [0.29, 0.717) is 12.5 Å². The summed E-state index contributed by atoms with van der Waals surface area (Å²) < 4.78 is 9.03. The predicted octanol–water partition coefficient (Wildman–Crippen LogP) is 1.61. The van der Waals surface area contributed by atoms with Gasteiger partial charge in [-0.2, -0.15) is 0 Å². The largest absolute Gasteiger partial charge is 0.381 e. The predicted molar refractivity (Wildman–Crippen MR) is 86.4 cm³/mol. The number of nitrogens with one attached hydrogen (secondary N) is 1. The maximum atomic E-state index is 12.7. The van der Waals surface area contributed by atoms with Crippen LogP contribution < -0.4 is 10.9 Å². The van der Waals surface area contributed by atoms with E-state index in [1.807, 2.05) is 49.0 Å². The summed E-state index contributed by atoms with van der Waals surface area (Å²) in [7, 11) is 1.93. The highest BCUT2D eigenvalue weighted by atomic mass is 16.5. The van der Waals surface area contributed by atoms with Crippen molar-refractivity contribution in [3.05, 3.63) is 51.9 Å². The van der Waals surface area contributed by atoms with Crippen LogP contribution in [0.3, 0.4) is 0 Å². The van der Waals surface area contributed by atoms with Crippen molar-refractivity contribution in [2.75, 3.05) is 19.8 Å². The van der Waals surface area contributed by atoms with Crippen LogP contribution in [0.2, 0.25) is 0 Å². The number of benzene rings is 1. The molecule has 22 heavy (non-hydrogen) atoms. The lowest BCUT2D eigenvalue weighted by Gasteiger charge is -2.08. The fourth-order valence-electron chi connectivity index (χ4n) is 2.97. The van der Waals surface area contributed by atoms with Crippen molar-refractivity contribution in [1.29, 1.82) is 0 Å². The van der Waals surface area contributed by atoms with E-state index in [9.17, 15) is 4.79 Å².